The molecule has 0 saturated carbocycles. The largest absolute Gasteiger partial charge is 0.444 e. The molecular formula is C35H39N7O4. The fourth-order valence-corrected chi connectivity index (χ4v) is 6.21. The smallest absolute Gasteiger partial charge is 0.407 e. The minimum absolute atomic E-state index is 0.00163. The molecule has 1 amide bonds. The van der Waals surface area contributed by atoms with Crippen molar-refractivity contribution in [3.63, 3.8) is 0 Å². The number of aryl methyl sites for hydroxylation is 1. The van der Waals surface area contributed by atoms with Crippen molar-refractivity contribution >= 4 is 34.6 Å². The Balaban J connectivity index is 1.42. The third-order valence-corrected chi connectivity index (χ3v) is 8.32. The first-order valence-electron chi connectivity index (χ1n) is 15.6. The molecule has 2 aliphatic heterocycles. The first-order chi connectivity index (χ1) is 22.0. The van der Waals surface area contributed by atoms with Gasteiger partial charge in [-0.1, -0.05) is 48.4 Å². The summed E-state index contributed by atoms with van der Waals surface area (Å²) in [5.41, 5.74) is 3.60. The lowest BCUT2D eigenvalue weighted by molar-refractivity contribution is 0.0499. The Morgan fingerprint density at radius 2 is 1.80 bits per heavy atom. The van der Waals surface area contributed by atoms with Gasteiger partial charge >= 0.3 is 11.8 Å². The van der Waals surface area contributed by atoms with Gasteiger partial charge in [-0.2, -0.15) is 4.98 Å². The minimum atomic E-state index is -0.607. The van der Waals surface area contributed by atoms with Gasteiger partial charge in [0, 0.05) is 38.2 Å². The molecule has 1 fully saturated rings. The number of imidazole rings is 1. The van der Waals surface area contributed by atoms with Crippen LogP contribution in [0, 0.1) is 11.8 Å². The van der Waals surface area contributed by atoms with Gasteiger partial charge in [0.1, 0.15) is 5.60 Å². The number of fused-ring (bicyclic) bond motifs is 3. The van der Waals surface area contributed by atoms with Crippen LogP contribution in [-0.2, 0) is 31.3 Å². The average Bonchev–Trinajstić information content (AvgIpc) is 3.32. The van der Waals surface area contributed by atoms with Crippen molar-refractivity contribution in [2.24, 2.45) is 12.0 Å². The number of aliphatic imine (C=N–C) groups is 1. The van der Waals surface area contributed by atoms with Crippen molar-refractivity contribution in [2.45, 2.75) is 71.7 Å². The highest BCUT2D eigenvalue weighted by molar-refractivity contribution is 6.04. The number of nitrogens with one attached hydrogen (secondary N) is 1. The molecule has 4 heterocycles. The van der Waals surface area contributed by atoms with Crippen molar-refractivity contribution in [1.29, 1.82) is 0 Å². The summed E-state index contributed by atoms with van der Waals surface area (Å²) in [6, 6.07) is 15.8. The van der Waals surface area contributed by atoms with Crippen LogP contribution in [-0.4, -0.2) is 55.2 Å². The van der Waals surface area contributed by atoms with E-state index in [1.807, 2.05) is 62.1 Å². The summed E-state index contributed by atoms with van der Waals surface area (Å²) in [5.74, 6) is 6.54. The number of nitrogens with zero attached hydrogens (tertiary/aromatic N) is 6. The number of anilines is 1. The van der Waals surface area contributed by atoms with Gasteiger partial charge in [-0.15, -0.1) is 5.92 Å². The third-order valence-electron chi connectivity index (χ3n) is 8.32. The van der Waals surface area contributed by atoms with Crippen molar-refractivity contribution in [2.75, 3.05) is 18.0 Å². The van der Waals surface area contributed by atoms with Gasteiger partial charge in [0.25, 0.3) is 5.56 Å². The standard InChI is InChI=1S/C35H39N7O4/c1-6-7-19-41-29-30(38-32(41)40-18-12-15-25(21-40)36-33(44)46-35(2,3)4)39(5)34(45)42(31(29)43)22-28-26-16-10-8-13-23(26)20-24-14-9-11-17-27(24)37-28/h8-11,13-14,16-17,25H,12,15,18-22H2,1-5H3,(H,36,44). The summed E-state index contributed by atoms with van der Waals surface area (Å²) in [4.78, 5) is 52.6. The Kier molecular flexibility index (Phi) is 8.30. The average molecular weight is 622 g/mol. The second-order valence-corrected chi connectivity index (χ2v) is 12.8. The zero-order chi connectivity index (χ0) is 32.6. The van der Waals surface area contributed by atoms with Gasteiger partial charge in [0.05, 0.1) is 24.5 Å². The highest BCUT2D eigenvalue weighted by Gasteiger charge is 2.29. The molecule has 1 N–H and O–H groups in total. The summed E-state index contributed by atoms with van der Waals surface area (Å²) >= 11 is 0. The lowest BCUT2D eigenvalue weighted by atomic mass is 9.98. The molecule has 46 heavy (non-hydrogen) atoms. The van der Waals surface area contributed by atoms with Crippen LogP contribution in [0.25, 0.3) is 11.2 Å². The van der Waals surface area contributed by atoms with Crippen LogP contribution < -0.4 is 21.5 Å². The maximum atomic E-state index is 14.3. The van der Waals surface area contributed by atoms with E-state index in [1.54, 1.807) is 18.5 Å². The van der Waals surface area contributed by atoms with Crippen molar-refractivity contribution in [3.8, 4) is 11.8 Å². The number of carbonyl (C=O) groups is 1. The van der Waals surface area contributed by atoms with Gasteiger partial charge in [-0.25, -0.2) is 9.59 Å². The number of hydrogen-bond donors (Lipinski definition) is 1. The molecule has 2 aromatic carbocycles. The molecule has 2 aromatic heterocycles. The van der Waals surface area contributed by atoms with E-state index in [0.29, 0.717) is 36.7 Å². The van der Waals surface area contributed by atoms with E-state index in [0.717, 1.165) is 35.2 Å². The van der Waals surface area contributed by atoms with Crippen LogP contribution in [0.5, 0.6) is 0 Å². The van der Waals surface area contributed by atoms with E-state index >= 15 is 0 Å². The highest BCUT2D eigenvalue weighted by Crippen LogP contribution is 2.29. The number of benzene rings is 2. The quantitative estimate of drug-likeness (QED) is 0.335. The second-order valence-electron chi connectivity index (χ2n) is 12.8. The Morgan fingerprint density at radius 1 is 1.07 bits per heavy atom. The maximum absolute atomic E-state index is 14.3. The monoisotopic (exact) mass is 621 g/mol. The fraction of sp³-hybridized carbons (Fsp3) is 0.400. The lowest BCUT2D eigenvalue weighted by Gasteiger charge is -2.34. The fourth-order valence-electron chi connectivity index (χ4n) is 6.21. The van der Waals surface area contributed by atoms with Crippen LogP contribution in [0.1, 0.15) is 57.2 Å². The minimum Gasteiger partial charge on any atom is -0.444 e. The highest BCUT2D eigenvalue weighted by atomic mass is 16.6. The summed E-state index contributed by atoms with van der Waals surface area (Å²) in [5, 5.41) is 2.98. The van der Waals surface area contributed by atoms with Gasteiger partial charge in [0.15, 0.2) is 11.2 Å². The second kappa shape index (κ2) is 12.4. The first kappa shape index (κ1) is 30.9. The predicted octanol–water partition coefficient (Wildman–Crippen LogP) is 4.14. The number of piperidine rings is 1. The molecule has 0 radical (unpaired) electrons. The molecule has 4 aromatic rings. The number of ether oxygens (including phenoxy) is 1. The Bertz CT molecular complexity index is 2030. The van der Waals surface area contributed by atoms with Gasteiger partial charge in [-0.05, 0) is 57.7 Å². The topological polar surface area (TPSA) is 116 Å². The van der Waals surface area contributed by atoms with E-state index in [1.165, 1.54) is 9.13 Å². The van der Waals surface area contributed by atoms with Crippen LogP contribution in [0.15, 0.2) is 63.1 Å². The molecule has 2 aliphatic rings. The molecule has 1 saturated heterocycles. The zero-order valence-electron chi connectivity index (χ0n) is 27.0. The molecule has 11 nitrogen and oxygen atoms in total. The molecule has 0 spiro atoms. The van der Waals surface area contributed by atoms with Crippen LogP contribution in [0.3, 0.4) is 0 Å². The van der Waals surface area contributed by atoms with E-state index in [-0.39, 0.29) is 24.8 Å². The lowest BCUT2D eigenvalue weighted by Crippen LogP contribution is -2.49. The summed E-state index contributed by atoms with van der Waals surface area (Å²) < 4.78 is 9.94. The molecular weight excluding hydrogens is 582 g/mol. The Morgan fingerprint density at radius 3 is 2.57 bits per heavy atom. The number of hydrogen-bond acceptors (Lipinski definition) is 7. The first-order valence-corrected chi connectivity index (χ1v) is 15.6. The SMILES string of the molecule is CC#CCn1c(N2CCCC(NC(=O)OC(C)(C)C)C2)nc2c1c(=O)n(CC1=Nc3ccccc3Cc3ccccc31)c(=O)n2C. The number of carbonyl (C=O) groups excluding carboxylic acids is 1. The zero-order valence-corrected chi connectivity index (χ0v) is 27.0. The number of amides is 1. The van der Waals surface area contributed by atoms with Gasteiger partial charge in [0.2, 0.25) is 5.95 Å². The molecule has 6 rings (SSSR count). The van der Waals surface area contributed by atoms with Gasteiger partial charge < -0.3 is 15.0 Å². The number of para-hydroxylation sites is 1. The van der Waals surface area contributed by atoms with E-state index in [9.17, 15) is 14.4 Å². The molecule has 11 heteroatoms. The van der Waals surface area contributed by atoms with E-state index < -0.39 is 22.9 Å². The molecule has 0 bridgehead atoms. The van der Waals surface area contributed by atoms with Gasteiger partial charge in [-0.3, -0.25) is 23.5 Å². The summed E-state index contributed by atoms with van der Waals surface area (Å²) in [7, 11) is 1.63. The summed E-state index contributed by atoms with van der Waals surface area (Å²) in [6.45, 7) is 8.58. The van der Waals surface area contributed by atoms with Crippen LogP contribution >= 0.6 is 0 Å². The van der Waals surface area contributed by atoms with E-state index in [4.69, 9.17) is 14.7 Å². The van der Waals surface area contributed by atoms with Crippen LogP contribution in [0.4, 0.5) is 16.4 Å². The molecule has 0 aliphatic carbocycles. The van der Waals surface area contributed by atoms with Crippen molar-refractivity contribution in [3.05, 3.63) is 86.1 Å². The molecule has 1 unspecified atom stereocenters. The Hall–Kier alpha value is -5.11. The maximum Gasteiger partial charge on any atom is 0.407 e. The van der Waals surface area contributed by atoms with Crippen LogP contribution in [0.2, 0.25) is 0 Å². The Labute approximate surface area is 267 Å². The summed E-state index contributed by atoms with van der Waals surface area (Å²) in [6.07, 6.45) is 1.81. The molecule has 1 atom stereocenters. The predicted molar refractivity (Wildman–Crippen MR) is 179 cm³/mol. The third kappa shape index (κ3) is 6.07. The number of rotatable bonds is 5. The van der Waals surface area contributed by atoms with Crippen molar-refractivity contribution in [1.82, 2.24) is 24.0 Å². The molecule has 238 valence electrons. The van der Waals surface area contributed by atoms with Crippen molar-refractivity contribution < 1.29 is 9.53 Å². The normalized spacial score (nSPS) is 16.1. The van der Waals surface area contributed by atoms with E-state index in [2.05, 4.69) is 29.3 Å². The number of alkyl carbamates (subject to hydrolysis) is 1. The number of aromatic nitrogens is 4.